The fourth-order valence-corrected chi connectivity index (χ4v) is 1.86. The van der Waals surface area contributed by atoms with Gasteiger partial charge in [0.1, 0.15) is 6.04 Å². The highest BCUT2D eigenvalue weighted by molar-refractivity contribution is 5.83. The van der Waals surface area contributed by atoms with E-state index in [0.29, 0.717) is 6.54 Å². The van der Waals surface area contributed by atoms with Crippen molar-refractivity contribution in [1.82, 2.24) is 14.9 Å². The third-order valence-electron chi connectivity index (χ3n) is 2.92. The van der Waals surface area contributed by atoms with Gasteiger partial charge in [-0.1, -0.05) is 12.1 Å². The van der Waals surface area contributed by atoms with Crippen molar-refractivity contribution >= 4 is 22.9 Å². The number of carbonyl (C=O) groups excluding carboxylic acids is 1. The van der Waals surface area contributed by atoms with Gasteiger partial charge in [-0.05, 0) is 12.1 Å². The molecule has 0 aliphatic heterocycles. The van der Waals surface area contributed by atoms with E-state index in [1.807, 2.05) is 28.8 Å². The van der Waals surface area contributed by atoms with Crippen LogP contribution in [0.1, 0.15) is 6.42 Å². The standard InChI is InChI=1S/C13H15N3O4/c17-7-10(13(19)20)15-12(18)5-6-16-8-14-9-3-1-2-4-11(9)16/h1-4,8,10,17H,5-7H2,(H,15,18)(H,19,20)/t10-/m1/s1. The molecule has 1 aromatic carbocycles. The average molecular weight is 277 g/mol. The monoisotopic (exact) mass is 277 g/mol. The molecule has 2 rings (SSSR count). The van der Waals surface area contributed by atoms with Gasteiger partial charge in [0.05, 0.1) is 24.0 Å². The van der Waals surface area contributed by atoms with Gasteiger partial charge >= 0.3 is 5.97 Å². The third-order valence-corrected chi connectivity index (χ3v) is 2.92. The fourth-order valence-electron chi connectivity index (χ4n) is 1.86. The number of aryl methyl sites for hydroxylation is 1. The number of benzene rings is 1. The van der Waals surface area contributed by atoms with Crippen LogP contribution >= 0.6 is 0 Å². The molecule has 0 fully saturated rings. The van der Waals surface area contributed by atoms with Crippen molar-refractivity contribution in [2.24, 2.45) is 0 Å². The van der Waals surface area contributed by atoms with E-state index in [2.05, 4.69) is 10.3 Å². The number of nitrogens with one attached hydrogen (secondary N) is 1. The SMILES string of the molecule is O=C(CCn1cnc2ccccc21)N[C@H](CO)C(=O)O. The number of hydrogen-bond acceptors (Lipinski definition) is 4. The largest absolute Gasteiger partial charge is 0.480 e. The van der Waals surface area contributed by atoms with Crippen LogP contribution in [-0.4, -0.2) is 44.3 Å². The van der Waals surface area contributed by atoms with Gasteiger partial charge in [-0.25, -0.2) is 9.78 Å². The van der Waals surface area contributed by atoms with Crippen LogP contribution in [0.25, 0.3) is 11.0 Å². The molecule has 3 N–H and O–H groups in total. The number of aliphatic carboxylic acids is 1. The number of carbonyl (C=O) groups is 2. The molecule has 0 spiro atoms. The molecule has 106 valence electrons. The molecule has 0 aliphatic carbocycles. The summed E-state index contributed by atoms with van der Waals surface area (Å²) in [4.78, 5) is 26.5. The Morgan fingerprint density at radius 3 is 2.80 bits per heavy atom. The maximum absolute atomic E-state index is 11.6. The third kappa shape index (κ3) is 3.12. The van der Waals surface area contributed by atoms with Crippen LogP contribution in [0.3, 0.4) is 0 Å². The molecule has 0 saturated heterocycles. The van der Waals surface area contributed by atoms with Crippen molar-refractivity contribution in [2.75, 3.05) is 6.61 Å². The molecule has 7 nitrogen and oxygen atoms in total. The molecule has 20 heavy (non-hydrogen) atoms. The second-order valence-corrected chi connectivity index (χ2v) is 4.32. The topological polar surface area (TPSA) is 104 Å². The van der Waals surface area contributed by atoms with Gasteiger partial charge in [-0.15, -0.1) is 0 Å². The molecular weight excluding hydrogens is 262 g/mol. The lowest BCUT2D eigenvalue weighted by Gasteiger charge is -2.11. The average Bonchev–Trinajstić information content (AvgIpc) is 2.85. The molecule has 0 saturated carbocycles. The van der Waals surface area contributed by atoms with Gasteiger partial charge in [0.2, 0.25) is 5.91 Å². The summed E-state index contributed by atoms with van der Waals surface area (Å²) in [6.07, 6.45) is 1.75. The van der Waals surface area contributed by atoms with Crippen LogP contribution in [-0.2, 0) is 16.1 Å². The number of carboxylic acids is 1. The number of hydrogen-bond donors (Lipinski definition) is 3. The minimum Gasteiger partial charge on any atom is -0.480 e. The normalized spacial score (nSPS) is 12.2. The maximum Gasteiger partial charge on any atom is 0.328 e. The molecule has 7 heteroatoms. The van der Waals surface area contributed by atoms with Crippen LogP contribution in [0.5, 0.6) is 0 Å². The van der Waals surface area contributed by atoms with E-state index in [1.165, 1.54) is 0 Å². The van der Waals surface area contributed by atoms with Crippen LogP contribution in [0, 0.1) is 0 Å². The number of nitrogens with zero attached hydrogens (tertiary/aromatic N) is 2. The second-order valence-electron chi connectivity index (χ2n) is 4.32. The number of fused-ring (bicyclic) bond motifs is 1. The number of imidazole rings is 1. The van der Waals surface area contributed by atoms with Gasteiger partial charge in [0.15, 0.2) is 0 Å². The maximum atomic E-state index is 11.6. The predicted octanol–water partition coefficient (Wildman–Crippen LogP) is -0.0119. The number of aliphatic hydroxyl groups is 1. The Kier molecular flexibility index (Phi) is 4.31. The first-order chi connectivity index (χ1) is 9.61. The van der Waals surface area contributed by atoms with Crippen molar-refractivity contribution in [1.29, 1.82) is 0 Å². The van der Waals surface area contributed by atoms with Crippen molar-refractivity contribution in [3.8, 4) is 0 Å². The van der Waals surface area contributed by atoms with Crippen molar-refractivity contribution in [2.45, 2.75) is 19.0 Å². The summed E-state index contributed by atoms with van der Waals surface area (Å²) >= 11 is 0. The summed E-state index contributed by atoms with van der Waals surface area (Å²) in [5.74, 6) is -1.68. The van der Waals surface area contributed by atoms with Gasteiger partial charge in [0.25, 0.3) is 0 Å². The zero-order chi connectivity index (χ0) is 14.5. The summed E-state index contributed by atoms with van der Waals surface area (Å²) in [6.45, 7) is -0.237. The highest BCUT2D eigenvalue weighted by Crippen LogP contribution is 2.11. The van der Waals surface area contributed by atoms with Gasteiger partial charge in [0, 0.05) is 13.0 Å². The summed E-state index contributed by atoms with van der Waals surface area (Å²) in [7, 11) is 0. The first-order valence-electron chi connectivity index (χ1n) is 6.14. The van der Waals surface area contributed by atoms with E-state index < -0.39 is 24.5 Å². The number of aromatic nitrogens is 2. The Morgan fingerprint density at radius 1 is 1.35 bits per heavy atom. The Labute approximate surface area is 114 Å². The van der Waals surface area contributed by atoms with Gasteiger partial charge < -0.3 is 20.1 Å². The zero-order valence-corrected chi connectivity index (χ0v) is 10.7. The van der Waals surface area contributed by atoms with Crippen LogP contribution in [0.4, 0.5) is 0 Å². The van der Waals surface area contributed by atoms with Gasteiger partial charge in [-0.2, -0.15) is 0 Å². The minimum atomic E-state index is -1.26. The van der Waals surface area contributed by atoms with Crippen LogP contribution in [0.2, 0.25) is 0 Å². The molecule has 0 unspecified atom stereocenters. The molecule has 1 aromatic heterocycles. The van der Waals surface area contributed by atoms with Gasteiger partial charge in [-0.3, -0.25) is 4.79 Å². The second kappa shape index (κ2) is 6.16. The van der Waals surface area contributed by atoms with Crippen molar-refractivity contribution < 1.29 is 19.8 Å². The lowest BCUT2D eigenvalue weighted by molar-refractivity contribution is -0.143. The summed E-state index contributed by atoms with van der Waals surface area (Å²) in [5, 5.41) is 19.8. The Balaban J connectivity index is 1.95. The number of para-hydroxylation sites is 2. The quantitative estimate of drug-likeness (QED) is 0.688. The number of aliphatic hydroxyl groups excluding tert-OH is 1. The van der Waals surface area contributed by atoms with Crippen LogP contribution in [0.15, 0.2) is 30.6 Å². The zero-order valence-electron chi connectivity index (χ0n) is 10.7. The number of rotatable bonds is 6. The van der Waals surface area contributed by atoms with Crippen molar-refractivity contribution in [3.63, 3.8) is 0 Å². The summed E-state index contributed by atoms with van der Waals surface area (Å²) in [6, 6.07) is 6.27. The fraction of sp³-hybridized carbons (Fsp3) is 0.308. The first-order valence-corrected chi connectivity index (χ1v) is 6.14. The predicted molar refractivity (Wildman–Crippen MR) is 71.0 cm³/mol. The lowest BCUT2D eigenvalue weighted by atomic mass is 10.3. The molecule has 1 heterocycles. The van der Waals surface area contributed by atoms with E-state index in [-0.39, 0.29) is 6.42 Å². The summed E-state index contributed by atoms with van der Waals surface area (Å²) < 4.78 is 1.82. The molecule has 0 aliphatic rings. The Hall–Kier alpha value is -2.41. The first kappa shape index (κ1) is 14.0. The lowest BCUT2D eigenvalue weighted by Crippen LogP contribution is -2.43. The molecule has 1 amide bonds. The van der Waals surface area contributed by atoms with E-state index in [0.717, 1.165) is 11.0 Å². The molecule has 2 aromatic rings. The highest BCUT2D eigenvalue weighted by Gasteiger charge is 2.18. The molecule has 1 atom stereocenters. The Bertz CT molecular complexity index is 623. The number of carboxylic acid groups (broad SMARTS) is 1. The molecule has 0 bridgehead atoms. The summed E-state index contributed by atoms with van der Waals surface area (Å²) in [5.41, 5.74) is 1.75. The van der Waals surface area contributed by atoms with E-state index in [9.17, 15) is 9.59 Å². The van der Waals surface area contributed by atoms with E-state index in [1.54, 1.807) is 6.33 Å². The van der Waals surface area contributed by atoms with Crippen LogP contribution < -0.4 is 5.32 Å². The van der Waals surface area contributed by atoms with E-state index >= 15 is 0 Å². The minimum absolute atomic E-state index is 0.115. The highest BCUT2D eigenvalue weighted by atomic mass is 16.4. The smallest absolute Gasteiger partial charge is 0.328 e. The molecule has 0 radical (unpaired) electrons. The molecular formula is C13H15N3O4. The van der Waals surface area contributed by atoms with Crippen molar-refractivity contribution in [3.05, 3.63) is 30.6 Å². The Morgan fingerprint density at radius 2 is 2.10 bits per heavy atom. The van der Waals surface area contributed by atoms with E-state index in [4.69, 9.17) is 10.2 Å². The number of amides is 1.